The third-order valence-corrected chi connectivity index (χ3v) is 6.46. The van der Waals surface area contributed by atoms with Crippen LogP contribution in [0.1, 0.15) is 21.7 Å². The van der Waals surface area contributed by atoms with Gasteiger partial charge in [0.25, 0.3) is 0 Å². The van der Waals surface area contributed by atoms with Gasteiger partial charge in [-0.2, -0.15) is 0 Å². The zero-order valence-corrected chi connectivity index (χ0v) is 19.3. The average Bonchev–Trinajstić information content (AvgIpc) is 3.22. The number of anilines is 1. The molecule has 0 bridgehead atoms. The van der Waals surface area contributed by atoms with E-state index in [1.54, 1.807) is 11.4 Å². The van der Waals surface area contributed by atoms with E-state index in [1.807, 2.05) is 24.3 Å². The maximum absolute atomic E-state index is 12.5. The van der Waals surface area contributed by atoms with Crippen molar-refractivity contribution < 1.29 is 24.2 Å². The predicted molar refractivity (Wildman–Crippen MR) is 123 cm³/mol. The van der Waals surface area contributed by atoms with Crippen molar-refractivity contribution in [3.63, 3.8) is 0 Å². The SMILES string of the molecule is COC(=O)c1sccc1NC(=O)C[C@@H](CN1CCN(Cc2cccc(Cl)c2)CC1)C(=O)O. The number of carboxylic acid groups (broad SMARTS) is 1. The molecule has 0 radical (unpaired) electrons. The number of esters is 1. The summed E-state index contributed by atoms with van der Waals surface area (Å²) >= 11 is 7.21. The van der Waals surface area contributed by atoms with Crippen LogP contribution in [0.4, 0.5) is 5.69 Å². The highest BCUT2D eigenvalue weighted by molar-refractivity contribution is 7.12. The van der Waals surface area contributed by atoms with Crippen LogP contribution in [0.3, 0.4) is 0 Å². The zero-order valence-electron chi connectivity index (χ0n) is 17.8. The number of carboxylic acids is 1. The summed E-state index contributed by atoms with van der Waals surface area (Å²) in [4.78, 5) is 40.6. The van der Waals surface area contributed by atoms with E-state index < -0.39 is 23.8 Å². The second-order valence-electron chi connectivity index (χ2n) is 7.65. The Hall–Kier alpha value is -2.46. The molecule has 3 rings (SSSR count). The number of methoxy groups -OCH3 is 1. The largest absolute Gasteiger partial charge is 0.481 e. The number of amides is 1. The Kier molecular flexibility index (Phi) is 8.63. The molecule has 1 amide bonds. The Morgan fingerprint density at radius 1 is 1.19 bits per heavy atom. The van der Waals surface area contributed by atoms with Gasteiger partial charge in [0.15, 0.2) is 0 Å². The molecule has 172 valence electrons. The minimum absolute atomic E-state index is 0.172. The molecule has 0 spiro atoms. The van der Waals surface area contributed by atoms with Gasteiger partial charge in [0.1, 0.15) is 4.88 Å². The number of aliphatic carboxylic acids is 1. The Morgan fingerprint density at radius 3 is 2.56 bits per heavy atom. The van der Waals surface area contributed by atoms with E-state index in [0.717, 1.165) is 49.6 Å². The van der Waals surface area contributed by atoms with Gasteiger partial charge >= 0.3 is 11.9 Å². The number of hydrogen-bond donors (Lipinski definition) is 2. The Morgan fingerprint density at radius 2 is 1.91 bits per heavy atom. The zero-order chi connectivity index (χ0) is 23.1. The smallest absolute Gasteiger partial charge is 0.350 e. The van der Waals surface area contributed by atoms with Gasteiger partial charge in [0, 0.05) is 50.7 Å². The lowest BCUT2D eigenvalue weighted by atomic mass is 10.0. The van der Waals surface area contributed by atoms with Gasteiger partial charge in [-0.3, -0.25) is 19.4 Å². The van der Waals surface area contributed by atoms with E-state index in [4.69, 9.17) is 16.3 Å². The van der Waals surface area contributed by atoms with Crippen molar-refractivity contribution in [3.8, 4) is 0 Å². The van der Waals surface area contributed by atoms with E-state index in [2.05, 4.69) is 15.1 Å². The van der Waals surface area contributed by atoms with Crippen LogP contribution in [-0.2, 0) is 20.9 Å². The fourth-order valence-corrected chi connectivity index (χ4v) is 4.63. The second kappa shape index (κ2) is 11.4. The van der Waals surface area contributed by atoms with Crippen LogP contribution in [0, 0.1) is 5.92 Å². The van der Waals surface area contributed by atoms with Crippen LogP contribution < -0.4 is 5.32 Å². The maximum atomic E-state index is 12.5. The van der Waals surface area contributed by atoms with E-state index in [9.17, 15) is 19.5 Å². The van der Waals surface area contributed by atoms with Crippen LogP contribution in [0.2, 0.25) is 5.02 Å². The number of carbonyl (C=O) groups excluding carboxylic acids is 2. The quantitative estimate of drug-likeness (QED) is 0.533. The summed E-state index contributed by atoms with van der Waals surface area (Å²) in [5.41, 5.74) is 1.48. The first-order chi connectivity index (χ1) is 15.4. The molecule has 1 aromatic heterocycles. The van der Waals surface area contributed by atoms with E-state index in [0.29, 0.717) is 17.3 Å². The molecular weight excluding hydrogens is 454 g/mol. The summed E-state index contributed by atoms with van der Waals surface area (Å²) in [5.74, 6) is -2.84. The lowest BCUT2D eigenvalue weighted by Crippen LogP contribution is -2.48. The molecule has 1 aliphatic rings. The van der Waals surface area contributed by atoms with Crippen molar-refractivity contribution in [1.29, 1.82) is 0 Å². The summed E-state index contributed by atoms with van der Waals surface area (Å²) < 4.78 is 4.70. The Balaban J connectivity index is 1.49. The van der Waals surface area contributed by atoms with E-state index >= 15 is 0 Å². The minimum Gasteiger partial charge on any atom is -0.481 e. The van der Waals surface area contributed by atoms with Gasteiger partial charge in [-0.25, -0.2) is 4.79 Å². The molecule has 8 nitrogen and oxygen atoms in total. The lowest BCUT2D eigenvalue weighted by Gasteiger charge is -2.35. The second-order valence-corrected chi connectivity index (χ2v) is 9.00. The molecule has 1 saturated heterocycles. The molecule has 1 aliphatic heterocycles. The number of thiophene rings is 1. The number of benzene rings is 1. The van der Waals surface area contributed by atoms with Crippen LogP contribution in [0.5, 0.6) is 0 Å². The van der Waals surface area contributed by atoms with Crippen molar-refractivity contribution >= 4 is 46.5 Å². The molecule has 2 aromatic rings. The minimum atomic E-state index is -1.01. The van der Waals surface area contributed by atoms with Gasteiger partial charge in [0.2, 0.25) is 5.91 Å². The molecule has 1 atom stereocenters. The molecule has 10 heteroatoms. The Labute approximate surface area is 195 Å². The lowest BCUT2D eigenvalue weighted by molar-refractivity contribution is -0.144. The first kappa shape index (κ1) is 24.2. The first-order valence-electron chi connectivity index (χ1n) is 10.2. The van der Waals surface area contributed by atoms with Crippen molar-refractivity contribution in [3.05, 3.63) is 51.2 Å². The average molecular weight is 480 g/mol. The number of nitrogens with zero attached hydrogens (tertiary/aromatic N) is 2. The van der Waals surface area contributed by atoms with Crippen molar-refractivity contribution in [2.24, 2.45) is 5.92 Å². The standard InChI is InChI=1S/C22H26ClN3O5S/c1-31-22(30)20-18(5-10-32-20)24-19(27)12-16(21(28)29)14-26-8-6-25(7-9-26)13-15-3-2-4-17(23)11-15/h2-5,10-11,16H,6-9,12-14H2,1H3,(H,24,27)(H,28,29)/t16-/m0/s1. The van der Waals surface area contributed by atoms with Crippen LogP contribution in [0.15, 0.2) is 35.7 Å². The number of halogens is 1. The number of ether oxygens (including phenoxy) is 1. The molecule has 1 aromatic carbocycles. The third kappa shape index (κ3) is 6.77. The number of nitrogens with one attached hydrogen (secondary N) is 1. The van der Waals surface area contributed by atoms with E-state index in [-0.39, 0.29) is 11.3 Å². The van der Waals surface area contributed by atoms with Gasteiger partial charge < -0.3 is 15.2 Å². The fourth-order valence-electron chi connectivity index (χ4n) is 3.65. The number of rotatable bonds is 9. The first-order valence-corrected chi connectivity index (χ1v) is 11.5. The number of carbonyl (C=O) groups is 3. The van der Waals surface area contributed by atoms with Gasteiger partial charge in [-0.05, 0) is 29.1 Å². The highest BCUT2D eigenvalue weighted by atomic mass is 35.5. The summed E-state index contributed by atoms with van der Waals surface area (Å²) in [6.45, 7) is 4.15. The topological polar surface area (TPSA) is 99.2 Å². The molecule has 0 saturated carbocycles. The summed E-state index contributed by atoms with van der Waals surface area (Å²) in [5, 5.41) is 14.6. The van der Waals surface area contributed by atoms with E-state index in [1.165, 1.54) is 7.11 Å². The van der Waals surface area contributed by atoms with Crippen LogP contribution in [-0.4, -0.2) is 72.6 Å². The molecule has 32 heavy (non-hydrogen) atoms. The van der Waals surface area contributed by atoms with Gasteiger partial charge in [-0.1, -0.05) is 23.7 Å². The summed E-state index contributed by atoms with van der Waals surface area (Å²) in [6, 6.07) is 9.37. The number of hydrogen-bond acceptors (Lipinski definition) is 7. The third-order valence-electron chi connectivity index (χ3n) is 5.33. The number of piperazine rings is 1. The van der Waals surface area contributed by atoms with Crippen molar-refractivity contribution in [2.75, 3.05) is 45.2 Å². The normalized spacial score (nSPS) is 15.8. The molecular formula is C22H26ClN3O5S. The molecule has 1 fully saturated rings. The fraction of sp³-hybridized carbons (Fsp3) is 0.409. The summed E-state index contributed by atoms with van der Waals surface area (Å²) in [6.07, 6.45) is -0.172. The van der Waals surface area contributed by atoms with Gasteiger partial charge in [0.05, 0.1) is 18.7 Å². The highest BCUT2D eigenvalue weighted by Gasteiger charge is 2.27. The predicted octanol–water partition coefficient (Wildman–Crippen LogP) is 3.04. The Bertz CT molecular complexity index is 959. The summed E-state index contributed by atoms with van der Waals surface area (Å²) in [7, 11) is 1.27. The maximum Gasteiger partial charge on any atom is 0.350 e. The highest BCUT2D eigenvalue weighted by Crippen LogP contribution is 2.24. The van der Waals surface area contributed by atoms with Crippen molar-refractivity contribution in [1.82, 2.24) is 9.80 Å². The molecule has 0 aliphatic carbocycles. The van der Waals surface area contributed by atoms with Gasteiger partial charge in [-0.15, -0.1) is 11.3 Å². The van der Waals surface area contributed by atoms with Crippen LogP contribution >= 0.6 is 22.9 Å². The molecule has 2 heterocycles. The monoisotopic (exact) mass is 479 g/mol. The molecule has 2 N–H and O–H groups in total. The van der Waals surface area contributed by atoms with Crippen LogP contribution in [0.25, 0.3) is 0 Å². The van der Waals surface area contributed by atoms with Crippen molar-refractivity contribution in [2.45, 2.75) is 13.0 Å². The molecule has 0 unspecified atom stereocenters.